The quantitative estimate of drug-likeness (QED) is 0.461. The van der Waals surface area contributed by atoms with Crippen LogP contribution in [0.15, 0.2) is 12.7 Å². The number of unbranched alkanes of at least 4 members (excludes halogenated alkanes) is 3. The maximum absolute atomic E-state index is 13.4. The van der Waals surface area contributed by atoms with Gasteiger partial charge in [0.25, 0.3) is 0 Å². The molecule has 1 heterocycles. The van der Waals surface area contributed by atoms with Crippen LogP contribution < -0.4 is 0 Å². The zero-order valence-electron chi connectivity index (χ0n) is 17.7. The van der Waals surface area contributed by atoms with Crippen LogP contribution in [0.1, 0.15) is 78.6 Å². The normalized spacial score (nSPS) is 34.2. The van der Waals surface area contributed by atoms with Crippen LogP contribution in [0.5, 0.6) is 0 Å². The van der Waals surface area contributed by atoms with E-state index in [2.05, 4.69) is 27.4 Å². The average Bonchev–Trinajstić information content (AvgIpc) is 3.10. The highest BCUT2D eigenvalue weighted by molar-refractivity contribution is 7.90. The average molecular weight is 412 g/mol. The van der Waals surface area contributed by atoms with Crippen molar-refractivity contribution >= 4 is 15.9 Å². The number of rotatable bonds is 9. The predicted octanol–water partition coefficient (Wildman–Crippen LogP) is 3.88. The van der Waals surface area contributed by atoms with Crippen molar-refractivity contribution in [1.29, 1.82) is 0 Å². The molecular weight excluding hydrogens is 374 g/mol. The smallest absolute Gasteiger partial charge is 0.242 e. The van der Waals surface area contributed by atoms with E-state index >= 15 is 0 Å². The molecule has 2 bridgehead atoms. The van der Waals surface area contributed by atoms with Crippen molar-refractivity contribution < 1.29 is 18.3 Å². The van der Waals surface area contributed by atoms with E-state index in [4.69, 9.17) is 0 Å². The summed E-state index contributed by atoms with van der Waals surface area (Å²) in [5, 5.41) is 10.7. The minimum Gasteiger partial charge on any atom is -0.392 e. The van der Waals surface area contributed by atoms with E-state index in [1.54, 1.807) is 6.08 Å². The van der Waals surface area contributed by atoms with Gasteiger partial charge in [0.1, 0.15) is 0 Å². The molecule has 1 spiro atoms. The van der Waals surface area contributed by atoms with Crippen molar-refractivity contribution in [3.63, 3.8) is 0 Å². The highest BCUT2D eigenvalue weighted by Crippen LogP contribution is 2.70. The topological polar surface area (TPSA) is 74.7 Å². The number of allylic oxidation sites excluding steroid dienone is 1. The maximum atomic E-state index is 13.4. The van der Waals surface area contributed by atoms with E-state index in [0.29, 0.717) is 18.8 Å². The lowest BCUT2D eigenvalue weighted by atomic mass is 9.69. The number of aliphatic hydroxyl groups excluding tert-OH is 1. The van der Waals surface area contributed by atoms with Crippen LogP contribution in [-0.2, 0) is 14.8 Å². The molecule has 6 heteroatoms. The number of sulfonamides is 1. The van der Waals surface area contributed by atoms with Crippen molar-refractivity contribution in [3.05, 3.63) is 12.7 Å². The van der Waals surface area contributed by atoms with E-state index in [0.717, 1.165) is 44.9 Å². The van der Waals surface area contributed by atoms with Gasteiger partial charge in [0.15, 0.2) is 0 Å². The Morgan fingerprint density at radius 3 is 2.64 bits per heavy atom. The first-order valence-electron chi connectivity index (χ1n) is 11.0. The van der Waals surface area contributed by atoms with Crippen molar-refractivity contribution in [3.8, 4) is 0 Å². The number of fused-ring (bicyclic) bond motifs is 1. The van der Waals surface area contributed by atoms with Crippen LogP contribution in [0.3, 0.4) is 0 Å². The van der Waals surface area contributed by atoms with Gasteiger partial charge >= 0.3 is 0 Å². The molecule has 0 aromatic rings. The molecule has 0 aromatic heterocycles. The second-order valence-corrected chi connectivity index (χ2v) is 11.6. The third-order valence-electron chi connectivity index (χ3n) is 8.18. The number of aliphatic hydroxyl groups is 1. The molecule has 1 amide bonds. The molecule has 5 nitrogen and oxygen atoms in total. The fourth-order valence-electron chi connectivity index (χ4n) is 6.33. The van der Waals surface area contributed by atoms with Gasteiger partial charge in [-0.05, 0) is 43.4 Å². The maximum Gasteiger partial charge on any atom is 0.242 e. The molecule has 1 aliphatic heterocycles. The molecule has 0 unspecified atom stereocenters. The Hall–Kier alpha value is -0.880. The van der Waals surface area contributed by atoms with Gasteiger partial charge in [-0.3, -0.25) is 4.79 Å². The van der Waals surface area contributed by atoms with Crippen LogP contribution in [-0.4, -0.2) is 41.6 Å². The molecule has 3 aliphatic rings. The first kappa shape index (κ1) is 21.8. The van der Waals surface area contributed by atoms with Crippen molar-refractivity contribution in [2.45, 2.75) is 90.7 Å². The van der Waals surface area contributed by atoms with E-state index in [1.165, 1.54) is 4.31 Å². The van der Waals surface area contributed by atoms with Gasteiger partial charge in [0.05, 0.1) is 23.8 Å². The van der Waals surface area contributed by atoms with Gasteiger partial charge < -0.3 is 5.11 Å². The van der Waals surface area contributed by atoms with Crippen molar-refractivity contribution in [2.24, 2.45) is 22.7 Å². The number of hydrogen-bond donors (Lipinski definition) is 1. The van der Waals surface area contributed by atoms with E-state index in [9.17, 15) is 18.3 Å². The number of carbonyl (C=O) groups is 1. The zero-order valence-corrected chi connectivity index (χ0v) is 18.5. The summed E-state index contributed by atoms with van der Waals surface area (Å²) in [7, 11) is -3.65. The Kier molecular flexibility index (Phi) is 6.04. The van der Waals surface area contributed by atoms with Crippen LogP contribution >= 0.6 is 0 Å². The molecule has 28 heavy (non-hydrogen) atoms. The monoisotopic (exact) mass is 411 g/mol. The molecule has 1 N–H and O–H groups in total. The third-order valence-corrected chi connectivity index (χ3v) is 10.1. The number of amides is 1. The fraction of sp³-hybridized carbons (Fsp3) is 0.864. The lowest BCUT2D eigenvalue weighted by Gasteiger charge is -2.37. The molecule has 160 valence electrons. The lowest BCUT2D eigenvalue weighted by molar-refractivity contribution is -0.137. The van der Waals surface area contributed by atoms with Crippen LogP contribution in [0.25, 0.3) is 0 Å². The highest BCUT2D eigenvalue weighted by Gasteiger charge is 2.72. The summed E-state index contributed by atoms with van der Waals surface area (Å²) in [5.74, 6) is -0.577. The largest absolute Gasteiger partial charge is 0.392 e. The minimum absolute atomic E-state index is 0.0630. The molecule has 3 rings (SSSR count). The Balaban J connectivity index is 1.82. The van der Waals surface area contributed by atoms with Gasteiger partial charge in [-0.2, -0.15) is 0 Å². The van der Waals surface area contributed by atoms with Crippen LogP contribution in [0, 0.1) is 22.7 Å². The summed E-state index contributed by atoms with van der Waals surface area (Å²) in [4.78, 5) is 13.4. The van der Waals surface area contributed by atoms with Crippen LogP contribution in [0.4, 0.5) is 0 Å². The molecular formula is C22H37NO4S. The van der Waals surface area contributed by atoms with Gasteiger partial charge in [-0.1, -0.05) is 52.5 Å². The standard InChI is InChI=1S/C22H37NO4S/c1-5-7-8-9-11-18(24)17(10-6-2)20(25)23-19-14-16-12-13-22(19,21(16,3)4)15-28(23,26)27/h6,16-19,24H,2,5,7-15H2,1,3-4H3/t16-,17+,18+,19-,22-/m0/s1. The molecule has 0 aromatic carbocycles. The third kappa shape index (κ3) is 3.24. The van der Waals surface area contributed by atoms with Gasteiger partial charge in [-0.25, -0.2) is 12.7 Å². The van der Waals surface area contributed by atoms with E-state index < -0.39 is 28.0 Å². The summed E-state index contributed by atoms with van der Waals surface area (Å²) < 4.78 is 27.4. The first-order valence-corrected chi connectivity index (χ1v) is 12.6. The fourth-order valence-corrected chi connectivity index (χ4v) is 8.91. The van der Waals surface area contributed by atoms with E-state index in [-0.39, 0.29) is 22.6 Å². The summed E-state index contributed by atoms with van der Waals surface area (Å²) in [6.45, 7) is 10.2. The Morgan fingerprint density at radius 1 is 1.32 bits per heavy atom. The Labute approximate surface area is 170 Å². The minimum atomic E-state index is -3.65. The lowest BCUT2D eigenvalue weighted by Crippen LogP contribution is -2.48. The van der Waals surface area contributed by atoms with Crippen molar-refractivity contribution in [1.82, 2.24) is 4.31 Å². The Morgan fingerprint density at radius 2 is 2.04 bits per heavy atom. The highest BCUT2D eigenvalue weighted by atomic mass is 32.2. The SMILES string of the molecule is C=CC[C@@H](C(=O)N1[C@H]2C[C@@H]3CC[C@@]2(CS1(=O)=O)C3(C)C)[C@H](O)CCCCCC. The van der Waals surface area contributed by atoms with Gasteiger partial charge in [0.2, 0.25) is 15.9 Å². The molecule has 3 fully saturated rings. The second kappa shape index (κ2) is 7.75. The van der Waals surface area contributed by atoms with Crippen LogP contribution in [0.2, 0.25) is 0 Å². The summed E-state index contributed by atoms with van der Waals surface area (Å²) in [6.07, 6.45) is 8.44. The zero-order chi connectivity index (χ0) is 20.7. The summed E-state index contributed by atoms with van der Waals surface area (Å²) in [5.41, 5.74) is -0.385. The van der Waals surface area contributed by atoms with Crippen molar-refractivity contribution in [2.75, 3.05) is 5.75 Å². The molecule has 0 radical (unpaired) electrons. The van der Waals surface area contributed by atoms with E-state index in [1.807, 2.05) is 0 Å². The number of nitrogens with zero attached hydrogens (tertiary/aromatic N) is 1. The summed E-state index contributed by atoms with van der Waals surface area (Å²) >= 11 is 0. The molecule has 5 atom stereocenters. The summed E-state index contributed by atoms with van der Waals surface area (Å²) in [6, 6.07) is -0.238. The number of hydrogen-bond acceptors (Lipinski definition) is 4. The second-order valence-electron chi connectivity index (χ2n) is 9.80. The molecule has 1 saturated heterocycles. The predicted molar refractivity (Wildman–Crippen MR) is 111 cm³/mol. The van der Waals surface area contributed by atoms with Gasteiger partial charge in [0, 0.05) is 5.41 Å². The van der Waals surface area contributed by atoms with Gasteiger partial charge in [-0.15, -0.1) is 6.58 Å². The first-order chi connectivity index (χ1) is 13.1. The number of carbonyl (C=O) groups excluding carboxylic acids is 1. The molecule has 2 aliphatic carbocycles. The molecule has 2 saturated carbocycles. The Bertz CT molecular complexity index is 716.